The van der Waals surface area contributed by atoms with Crippen LogP contribution in [0.1, 0.15) is 32.8 Å². The van der Waals surface area contributed by atoms with Gasteiger partial charge in [-0.05, 0) is 49.6 Å². The molecule has 0 amide bonds. The molecule has 0 spiro atoms. The largest absolute Gasteiger partial charge is 0.369 e. The third kappa shape index (κ3) is 4.74. The second kappa shape index (κ2) is 8.19. The highest BCUT2D eigenvalue weighted by atomic mass is 15.2. The van der Waals surface area contributed by atoms with Crippen LogP contribution in [0, 0.1) is 5.92 Å². The topological polar surface area (TPSA) is 6.48 Å². The molecule has 1 aromatic carbocycles. The summed E-state index contributed by atoms with van der Waals surface area (Å²) in [5.41, 5.74) is 4.00. The summed E-state index contributed by atoms with van der Waals surface area (Å²) in [4.78, 5) is 4.88. The fourth-order valence-corrected chi connectivity index (χ4v) is 2.75. The Morgan fingerprint density at radius 1 is 1.09 bits per heavy atom. The van der Waals surface area contributed by atoms with Crippen molar-refractivity contribution < 1.29 is 0 Å². The fraction of sp³-hybridized carbons (Fsp3) is 0.500. The monoisotopic (exact) mass is 298 g/mol. The minimum Gasteiger partial charge on any atom is -0.369 e. The molecule has 2 nitrogen and oxygen atoms in total. The Kier molecular flexibility index (Phi) is 6.26. The van der Waals surface area contributed by atoms with Crippen LogP contribution in [0.5, 0.6) is 0 Å². The molecule has 120 valence electrons. The van der Waals surface area contributed by atoms with Gasteiger partial charge >= 0.3 is 0 Å². The molecule has 1 heterocycles. The molecular weight excluding hydrogens is 268 g/mol. The molecule has 1 aromatic rings. The molecule has 2 heteroatoms. The lowest BCUT2D eigenvalue weighted by molar-refractivity contribution is 0.313. The standard InChI is InChI=1S/C20H30N2/c1-5-6-18(8-7-17(2)3)19-9-11-20(12-10-19)22-15-13-21(4)14-16-22/h5-6,8-12,17H,7,13-16H2,1-4H3. The molecular formula is C20H30N2. The van der Waals surface area contributed by atoms with E-state index in [4.69, 9.17) is 0 Å². The minimum absolute atomic E-state index is 0.699. The molecule has 22 heavy (non-hydrogen) atoms. The Morgan fingerprint density at radius 3 is 2.27 bits per heavy atom. The van der Waals surface area contributed by atoms with Crippen LogP contribution >= 0.6 is 0 Å². The Balaban J connectivity index is 2.10. The zero-order valence-corrected chi connectivity index (χ0v) is 14.5. The van der Waals surface area contributed by atoms with E-state index in [1.807, 2.05) is 0 Å². The van der Waals surface area contributed by atoms with Gasteiger partial charge in [-0.2, -0.15) is 0 Å². The predicted molar refractivity (Wildman–Crippen MR) is 98.4 cm³/mol. The van der Waals surface area contributed by atoms with Crippen molar-refractivity contribution in [3.63, 3.8) is 0 Å². The van der Waals surface area contributed by atoms with Crippen LogP contribution in [-0.4, -0.2) is 38.1 Å². The molecule has 1 aliphatic rings. The number of allylic oxidation sites excluding steroid dienone is 4. The molecule has 0 radical (unpaired) electrons. The highest BCUT2D eigenvalue weighted by Gasteiger charge is 2.14. The number of hydrogen-bond acceptors (Lipinski definition) is 2. The minimum atomic E-state index is 0.699. The van der Waals surface area contributed by atoms with Gasteiger partial charge in [0.25, 0.3) is 0 Å². The van der Waals surface area contributed by atoms with E-state index in [9.17, 15) is 0 Å². The van der Waals surface area contributed by atoms with Crippen LogP contribution in [0.15, 0.2) is 42.5 Å². The van der Waals surface area contributed by atoms with Crippen molar-refractivity contribution in [3.05, 3.63) is 48.1 Å². The zero-order valence-electron chi connectivity index (χ0n) is 14.5. The molecule has 0 aromatic heterocycles. The summed E-state index contributed by atoms with van der Waals surface area (Å²) in [5, 5.41) is 0. The summed E-state index contributed by atoms with van der Waals surface area (Å²) in [7, 11) is 2.20. The summed E-state index contributed by atoms with van der Waals surface area (Å²) >= 11 is 0. The first kappa shape index (κ1) is 16.8. The zero-order chi connectivity index (χ0) is 15.9. The van der Waals surface area contributed by atoms with Gasteiger partial charge < -0.3 is 9.80 Å². The van der Waals surface area contributed by atoms with Gasteiger partial charge in [-0.15, -0.1) is 0 Å². The fourth-order valence-electron chi connectivity index (χ4n) is 2.75. The number of nitrogens with zero attached hydrogens (tertiary/aromatic N) is 2. The van der Waals surface area contributed by atoms with Crippen molar-refractivity contribution in [2.45, 2.75) is 27.2 Å². The highest BCUT2D eigenvalue weighted by molar-refractivity contribution is 5.75. The maximum atomic E-state index is 2.48. The summed E-state index contributed by atoms with van der Waals surface area (Å²) in [6, 6.07) is 9.07. The predicted octanol–water partition coefficient (Wildman–Crippen LogP) is 4.44. The quantitative estimate of drug-likeness (QED) is 0.741. The lowest BCUT2D eigenvalue weighted by atomic mass is 10.0. The highest BCUT2D eigenvalue weighted by Crippen LogP contribution is 2.23. The summed E-state index contributed by atoms with van der Waals surface area (Å²) in [6.07, 6.45) is 7.82. The SMILES string of the molecule is CC=CC(=CCC(C)C)c1ccc(N2CCN(C)CC2)cc1. The third-order valence-electron chi connectivity index (χ3n) is 4.22. The van der Waals surface area contributed by atoms with Crippen molar-refractivity contribution in [3.8, 4) is 0 Å². The first-order valence-electron chi connectivity index (χ1n) is 8.47. The lowest BCUT2D eigenvalue weighted by Gasteiger charge is -2.34. The van der Waals surface area contributed by atoms with E-state index in [-0.39, 0.29) is 0 Å². The molecule has 0 bridgehead atoms. The molecule has 0 saturated carbocycles. The van der Waals surface area contributed by atoms with Crippen LogP contribution in [0.3, 0.4) is 0 Å². The number of rotatable bonds is 5. The Morgan fingerprint density at radius 2 is 1.73 bits per heavy atom. The normalized spacial score (nSPS) is 17.7. The number of anilines is 1. The van der Waals surface area contributed by atoms with Gasteiger partial charge in [0.1, 0.15) is 0 Å². The van der Waals surface area contributed by atoms with Crippen molar-refractivity contribution in [2.24, 2.45) is 5.92 Å². The average Bonchev–Trinajstić information content (AvgIpc) is 2.52. The lowest BCUT2D eigenvalue weighted by Crippen LogP contribution is -2.44. The number of hydrogen-bond donors (Lipinski definition) is 0. The van der Waals surface area contributed by atoms with Crippen LogP contribution in [0.25, 0.3) is 5.57 Å². The maximum absolute atomic E-state index is 2.48. The van der Waals surface area contributed by atoms with Crippen LogP contribution in [0.2, 0.25) is 0 Å². The molecule has 1 fully saturated rings. The molecule has 0 aliphatic carbocycles. The maximum Gasteiger partial charge on any atom is 0.0367 e. The van der Waals surface area contributed by atoms with Gasteiger partial charge in [-0.25, -0.2) is 0 Å². The second-order valence-electron chi connectivity index (χ2n) is 6.63. The van der Waals surface area contributed by atoms with Crippen molar-refractivity contribution >= 4 is 11.3 Å². The van der Waals surface area contributed by atoms with Crippen molar-refractivity contribution in [1.29, 1.82) is 0 Å². The first-order valence-corrected chi connectivity index (χ1v) is 8.47. The summed E-state index contributed by atoms with van der Waals surface area (Å²) in [6.45, 7) is 11.2. The molecule has 0 unspecified atom stereocenters. The molecule has 0 atom stereocenters. The van der Waals surface area contributed by atoms with Crippen LogP contribution < -0.4 is 4.90 Å². The van der Waals surface area contributed by atoms with E-state index in [2.05, 4.69) is 80.1 Å². The number of likely N-dealkylation sites (N-methyl/N-ethyl adjacent to an activating group) is 1. The summed E-state index contributed by atoms with van der Waals surface area (Å²) in [5.74, 6) is 0.699. The van der Waals surface area contributed by atoms with E-state index in [0.717, 1.165) is 32.6 Å². The molecule has 1 saturated heterocycles. The van der Waals surface area contributed by atoms with E-state index in [0.29, 0.717) is 5.92 Å². The second-order valence-corrected chi connectivity index (χ2v) is 6.63. The van der Waals surface area contributed by atoms with Crippen LogP contribution in [0.4, 0.5) is 5.69 Å². The van der Waals surface area contributed by atoms with E-state index in [1.165, 1.54) is 16.8 Å². The van der Waals surface area contributed by atoms with Gasteiger partial charge in [-0.3, -0.25) is 0 Å². The number of benzene rings is 1. The molecule has 1 aliphatic heterocycles. The van der Waals surface area contributed by atoms with Gasteiger partial charge in [0.2, 0.25) is 0 Å². The van der Waals surface area contributed by atoms with E-state index >= 15 is 0 Å². The van der Waals surface area contributed by atoms with Crippen molar-refractivity contribution in [1.82, 2.24) is 4.90 Å². The summed E-state index contributed by atoms with van der Waals surface area (Å²) < 4.78 is 0. The van der Waals surface area contributed by atoms with Gasteiger partial charge in [0.15, 0.2) is 0 Å². The first-order chi connectivity index (χ1) is 10.6. The van der Waals surface area contributed by atoms with Gasteiger partial charge in [-0.1, -0.05) is 44.2 Å². The van der Waals surface area contributed by atoms with Crippen molar-refractivity contribution in [2.75, 3.05) is 38.1 Å². The average molecular weight is 298 g/mol. The van der Waals surface area contributed by atoms with Gasteiger partial charge in [0.05, 0.1) is 0 Å². The van der Waals surface area contributed by atoms with E-state index in [1.54, 1.807) is 0 Å². The Labute approximate surface area is 136 Å². The number of piperazine rings is 1. The van der Waals surface area contributed by atoms with E-state index < -0.39 is 0 Å². The van der Waals surface area contributed by atoms with Crippen LogP contribution in [-0.2, 0) is 0 Å². The van der Waals surface area contributed by atoms with Gasteiger partial charge in [0, 0.05) is 31.9 Å². The Hall–Kier alpha value is -1.54. The molecule has 0 N–H and O–H groups in total. The smallest absolute Gasteiger partial charge is 0.0367 e. The Bertz CT molecular complexity index is 503. The molecule has 2 rings (SSSR count). The third-order valence-corrected chi connectivity index (χ3v) is 4.22.